The van der Waals surface area contributed by atoms with Crippen molar-refractivity contribution < 1.29 is 22.8 Å². The SMILES string of the molecule is Cc1cccc(C)c1NC(=O)CN(C)C(=O)c1cnn(-c2ccc(C(F)(F)F)cn2)c1C. The van der Waals surface area contributed by atoms with E-state index in [1.165, 1.54) is 28.9 Å². The van der Waals surface area contributed by atoms with Gasteiger partial charge in [0, 0.05) is 18.9 Å². The predicted molar refractivity (Wildman–Crippen MR) is 113 cm³/mol. The summed E-state index contributed by atoms with van der Waals surface area (Å²) >= 11 is 0. The van der Waals surface area contributed by atoms with Gasteiger partial charge in [-0.05, 0) is 44.0 Å². The van der Waals surface area contributed by atoms with E-state index in [2.05, 4.69) is 15.4 Å². The predicted octanol–water partition coefficient (Wildman–Crippen LogP) is 3.92. The van der Waals surface area contributed by atoms with Crippen LogP contribution in [0.5, 0.6) is 0 Å². The zero-order valence-electron chi connectivity index (χ0n) is 18.0. The van der Waals surface area contributed by atoms with Gasteiger partial charge in [-0.25, -0.2) is 9.67 Å². The van der Waals surface area contributed by atoms with Gasteiger partial charge in [0.05, 0.1) is 29.6 Å². The Kier molecular flexibility index (Phi) is 6.33. The maximum atomic E-state index is 12.8. The molecule has 0 unspecified atom stereocenters. The van der Waals surface area contributed by atoms with E-state index in [1.807, 2.05) is 32.0 Å². The fourth-order valence-electron chi connectivity index (χ4n) is 3.21. The summed E-state index contributed by atoms with van der Waals surface area (Å²) in [4.78, 5) is 30.3. The van der Waals surface area contributed by atoms with Crippen molar-refractivity contribution in [2.45, 2.75) is 26.9 Å². The quantitative estimate of drug-likeness (QED) is 0.646. The van der Waals surface area contributed by atoms with Crippen LogP contribution in [0, 0.1) is 20.8 Å². The molecule has 1 aromatic carbocycles. The lowest BCUT2D eigenvalue weighted by molar-refractivity contribution is -0.137. The Hall–Kier alpha value is -3.69. The number of nitrogens with one attached hydrogen (secondary N) is 1. The van der Waals surface area contributed by atoms with Crippen LogP contribution in [0.1, 0.15) is 32.7 Å². The summed E-state index contributed by atoms with van der Waals surface area (Å²) in [6.45, 7) is 5.18. The van der Waals surface area contributed by atoms with E-state index in [9.17, 15) is 22.8 Å². The van der Waals surface area contributed by atoms with Crippen molar-refractivity contribution in [3.8, 4) is 5.82 Å². The second kappa shape index (κ2) is 8.81. The third kappa shape index (κ3) is 4.79. The number of amides is 2. The number of alkyl halides is 3. The molecule has 2 heterocycles. The highest BCUT2D eigenvalue weighted by Gasteiger charge is 2.31. The number of likely N-dealkylation sites (N-methyl/N-ethyl adjacent to an activating group) is 1. The van der Waals surface area contributed by atoms with Crippen LogP contribution in [0.4, 0.5) is 18.9 Å². The first-order chi connectivity index (χ1) is 15.0. The summed E-state index contributed by atoms with van der Waals surface area (Å²) in [6.07, 6.45) is -2.48. The van der Waals surface area contributed by atoms with E-state index in [0.717, 1.165) is 17.2 Å². The molecule has 0 fully saturated rings. The number of carbonyl (C=O) groups is 2. The van der Waals surface area contributed by atoms with E-state index in [4.69, 9.17) is 0 Å². The summed E-state index contributed by atoms with van der Waals surface area (Å²) in [5.41, 5.74) is 2.26. The lowest BCUT2D eigenvalue weighted by atomic mass is 10.1. The van der Waals surface area contributed by atoms with Crippen molar-refractivity contribution in [3.05, 3.63) is 70.7 Å². The number of hydrogen-bond donors (Lipinski definition) is 1. The van der Waals surface area contributed by atoms with Crippen LogP contribution < -0.4 is 5.32 Å². The number of benzene rings is 1. The van der Waals surface area contributed by atoms with Gasteiger partial charge in [0.25, 0.3) is 5.91 Å². The Labute approximate surface area is 182 Å². The Bertz CT molecular complexity index is 1130. The molecule has 0 aliphatic heterocycles. The van der Waals surface area contributed by atoms with Crippen LogP contribution in [-0.2, 0) is 11.0 Å². The van der Waals surface area contributed by atoms with E-state index in [1.54, 1.807) is 6.92 Å². The smallest absolute Gasteiger partial charge is 0.332 e. The number of rotatable bonds is 5. The second-order valence-electron chi connectivity index (χ2n) is 7.43. The molecule has 0 aliphatic rings. The van der Waals surface area contributed by atoms with Gasteiger partial charge in [-0.1, -0.05) is 18.2 Å². The Morgan fingerprint density at radius 1 is 1.06 bits per heavy atom. The summed E-state index contributed by atoms with van der Waals surface area (Å²) in [5, 5.41) is 6.90. The highest BCUT2D eigenvalue weighted by atomic mass is 19.4. The Balaban J connectivity index is 1.73. The van der Waals surface area contributed by atoms with Gasteiger partial charge in [-0.15, -0.1) is 0 Å². The van der Waals surface area contributed by atoms with Gasteiger partial charge < -0.3 is 10.2 Å². The molecule has 3 rings (SSSR count). The number of halogens is 3. The second-order valence-corrected chi connectivity index (χ2v) is 7.43. The van der Waals surface area contributed by atoms with E-state index in [-0.39, 0.29) is 23.8 Å². The summed E-state index contributed by atoms with van der Waals surface area (Å²) < 4.78 is 39.5. The molecule has 32 heavy (non-hydrogen) atoms. The normalized spacial score (nSPS) is 11.3. The van der Waals surface area contributed by atoms with Crippen molar-refractivity contribution in [2.24, 2.45) is 0 Å². The summed E-state index contributed by atoms with van der Waals surface area (Å²) in [7, 11) is 1.49. The van der Waals surface area contributed by atoms with Crippen LogP contribution in [0.2, 0.25) is 0 Å². The lowest BCUT2D eigenvalue weighted by Gasteiger charge is -2.18. The molecule has 0 spiro atoms. The minimum Gasteiger partial charge on any atom is -0.332 e. The van der Waals surface area contributed by atoms with Crippen LogP contribution in [0.3, 0.4) is 0 Å². The van der Waals surface area contributed by atoms with Crippen molar-refractivity contribution in [2.75, 3.05) is 18.9 Å². The van der Waals surface area contributed by atoms with Crippen molar-refractivity contribution in [1.29, 1.82) is 0 Å². The minimum atomic E-state index is -4.49. The molecular weight excluding hydrogens is 423 g/mol. The van der Waals surface area contributed by atoms with Crippen molar-refractivity contribution in [3.63, 3.8) is 0 Å². The van der Waals surface area contributed by atoms with Crippen molar-refractivity contribution >= 4 is 17.5 Å². The lowest BCUT2D eigenvalue weighted by Crippen LogP contribution is -2.35. The van der Waals surface area contributed by atoms with Gasteiger partial charge in [-0.2, -0.15) is 18.3 Å². The molecule has 0 saturated carbocycles. The average Bonchev–Trinajstić information content (AvgIpc) is 3.11. The number of hydrogen-bond acceptors (Lipinski definition) is 4. The molecule has 0 atom stereocenters. The molecule has 2 amide bonds. The largest absolute Gasteiger partial charge is 0.417 e. The van der Waals surface area contributed by atoms with Gasteiger partial charge in [0.2, 0.25) is 5.91 Å². The molecule has 3 aromatic rings. The van der Waals surface area contributed by atoms with Gasteiger partial charge in [-0.3, -0.25) is 9.59 Å². The molecule has 1 N–H and O–H groups in total. The highest BCUT2D eigenvalue weighted by Crippen LogP contribution is 2.29. The first-order valence-corrected chi connectivity index (χ1v) is 9.69. The molecule has 168 valence electrons. The number of aromatic nitrogens is 3. The molecular formula is C22H22F3N5O2. The van der Waals surface area contributed by atoms with E-state index < -0.39 is 17.6 Å². The summed E-state index contributed by atoms with van der Waals surface area (Å²) in [6, 6.07) is 7.73. The molecule has 0 radical (unpaired) electrons. The number of anilines is 1. The van der Waals surface area contributed by atoms with Crippen LogP contribution >= 0.6 is 0 Å². The van der Waals surface area contributed by atoms with E-state index in [0.29, 0.717) is 17.6 Å². The highest BCUT2D eigenvalue weighted by molar-refractivity contribution is 6.00. The average molecular weight is 445 g/mol. The first kappa shape index (κ1) is 23.0. The number of pyridine rings is 1. The van der Waals surface area contributed by atoms with Gasteiger partial charge in [0.1, 0.15) is 0 Å². The third-order valence-electron chi connectivity index (χ3n) is 5.01. The number of carbonyl (C=O) groups excluding carboxylic acids is 2. The fourth-order valence-corrected chi connectivity index (χ4v) is 3.21. The van der Waals surface area contributed by atoms with Gasteiger partial charge in [0.15, 0.2) is 5.82 Å². The maximum absolute atomic E-state index is 12.8. The first-order valence-electron chi connectivity index (χ1n) is 9.69. The number of nitrogens with zero attached hydrogens (tertiary/aromatic N) is 4. The molecule has 0 aliphatic carbocycles. The van der Waals surface area contributed by atoms with Crippen molar-refractivity contribution in [1.82, 2.24) is 19.7 Å². The zero-order chi connectivity index (χ0) is 23.6. The number of para-hydroxylation sites is 1. The third-order valence-corrected chi connectivity index (χ3v) is 5.01. The maximum Gasteiger partial charge on any atom is 0.417 e. The fraction of sp³-hybridized carbons (Fsp3) is 0.273. The van der Waals surface area contributed by atoms with Crippen LogP contribution in [0.15, 0.2) is 42.7 Å². The Morgan fingerprint density at radius 3 is 2.28 bits per heavy atom. The minimum absolute atomic E-state index is 0.143. The van der Waals surface area contributed by atoms with Crippen LogP contribution in [-0.4, -0.2) is 45.1 Å². The molecule has 10 heteroatoms. The summed E-state index contributed by atoms with van der Waals surface area (Å²) in [5.74, 6) is -0.657. The van der Waals surface area contributed by atoms with Gasteiger partial charge >= 0.3 is 6.18 Å². The molecule has 7 nitrogen and oxygen atoms in total. The molecule has 2 aromatic heterocycles. The van der Waals surface area contributed by atoms with Crippen LogP contribution in [0.25, 0.3) is 5.82 Å². The zero-order valence-corrected chi connectivity index (χ0v) is 18.0. The number of aryl methyl sites for hydroxylation is 2. The molecule has 0 saturated heterocycles. The van der Waals surface area contributed by atoms with E-state index >= 15 is 0 Å². The topological polar surface area (TPSA) is 80.1 Å². The monoisotopic (exact) mass is 445 g/mol. The molecule has 0 bridgehead atoms. The Morgan fingerprint density at radius 2 is 1.72 bits per heavy atom. The standard InChI is InChI=1S/C22H22F3N5O2/c1-13-6-5-7-14(2)20(13)28-19(31)12-29(4)21(32)17-11-27-30(15(17)3)18-9-8-16(10-26-18)22(23,24)25/h5-11H,12H2,1-4H3,(H,28,31).